The van der Waals surface area contributed by atoms with Crippen molar-refractivity contribution in [3.63, 3.8) is 0 Å². The Morgan fingerprint density at radius 3 is 2.87 bits per heavy atom. The van der Waals surface area contributed by atoms with E-state index in [-0.39, 0.29) is 17.5 Å². The number of fused-ring (bicyclic) bond motifs is 1. The second kappa shape index (κ2) is 6.11. The van der Waals surface area contributed by atoms with Crippen molar-refractivity contribution in [2.24, 2.45) is 5.92 Å². The van der Waals surface area contributed by atoms with Crippen LogP contribution in [0.4, 0.5) is 0 Å². The number of hydrogen-bond donors (Lipinski definition) is 1. The second-order valence-corrected chi connectivity index (χ2v) is 6.43. The van der Waals surface area contributed by atoms with Gasteiger partial charge in [-0.2, -0.15) is 4.52 Å². The van der Waals surface area contributed by atoms with Crippen molar-refractivity contribution in [2.45, 2.75) is 33.4 Å². The standard InChI is InChI=1S/C15H22N6O2/c1-10(2)7-20-5-4-19(11(3)14(20)23)8-12-6-13(22)21-15(18-12)16-9-17-21/h6,9-11H,4-5,7-8H2,1-3H3,(H,16,17,18)/t11-/m0/s1. The average molecular weight is 318 g/mol. The van der Waals surface area contributed by atoms with Gasteiger partial charge in [0.05, 0.1) is 11.7 Å². The lowest BCUT2D eigenvalue weighted by Gasteiger charge is -2.39. The monoisotopic (exact) mass is 318 g/mol. The van der Waals surface area contributed by atoms with Crippen molar-refractivity contribution in [3.8, 4) is 0 Å². The molecule has 23 heavy (non-hydrogen) atoms. The molecule has 0 unspecified atom stereocenters. The van der Waals surface area contributed by atoms with Gasteiger partial charge in [-0.25, -0.2) is 9.97 Å². The van der Waals surface area contributed by atoms with E-state index in [4.69, 9.17) is 0 Å². The SMILES string of the molecule is CC(C)CN1CCN(Cc2cc(=O)n3[nH]cnc3n2)[C@@H](C)C1=O. The number of aromatic nitrogens is 4. The third-order valence-corrected chi connectivity index (χ3v) is 4.15. The van der Waals surface area contributed by atoms with Crippen LogP contribution < -0.4 is 5.56 Å². The lowest BCUT2D eigenvalue weighted by molar-refractivity contribution is -0.141. The van der Waals surface area contributed by atoms with Gasteiger partial charge in [-0.05, 0) is 12.8 Å². The van der Waals surface area contributed by atoms with Crippen LogP contribution in [0.15, 0.2) is 17.2 Å². The van der Waals surface area contributed by atoms with Crippen molar-refractivity contribution < 1.29 is 4.79 Å². The minimum atomic E-state index is -0.207. The highest BCUT2D eigenvalue weighted by molar-refractivity contribution is 5.82. The predicted octanol–water partition coefficient (Wildman–Crippen LogP) is 0.106. The molecule has 1 aliphatic heterocycles. The van der Waals surface area contributed by atoms with Gasteiger partial charge in [-0.15, -0.1) is 0 Å². The minimum Gasteiger partial charge on any atom is -0.340 e. The maximum absolute atomic E-state index is 12.5. The van der Waals surface area contributed by atoms with E-state index in [9.17, 15) is 9.59 Å². The van der Waals surface area contributed by atoms with E-state index in [0.29, 0.717) is 30.5 Å². The van der Waals surface area contributed by atoms with E-state index in [1.54, 1.807) is 0 Å². The van der Waals surface area contributed by atoms with Gasteiger partial charge in [0.2, 0.25) is 5.91 Å². The van der Waals surface area contributed by atoms with Crippen LogP contribution in [0.3, 0.4) is 0 Å². The van der Waals surface area contributed by atoms with Gasteiger partial charge in [0, 0.05) is 32.2 Å². The van der Waals surface area contributed by atoms with Crippen molar-refractivity contribution >= 4 is 11.7 Å². The van der Waals surface area contributed by atoms with Crippen LogP contribution in [0.2, 0.25) is 0 Å². The molecular formula is C15H22N6O2. The number of hydrogen-bond acceptors (Lipinski definition) is 5. The molecule has 0 radical (unpaired) electrons. The fourth-order valence-corrected chi connectivity index (χ4v) is 2.97. The summed E-state index contributed by atoms with van der Waals surface area (Å²) in [6.45, 7) is 8.89. The third-order valence-electron chi connectivity index (χ3n) is 4.15. The van der Waals surface area contributed by atoms with Crippen LogP contribution in [0.5, 0.6) is 0 Å². The molecule has 1 amide bonds. The first kappa shape index (κ1) is 15.7. The van der Waals surface area contributed by atoms with Crippen molar-refractivity contribution in [3.05, 3.63) is 28.4 Å². The fraction of sp³-hybridized carbons (Fsp3) is 0.600. The topological polar surface area (TPSA) is 86.6 Å². The molecule has 1 atom stereocenters. The summed E-state index contributed by atoms with van der Waals surface area (Å²) in [5.74, 6) is 0.953. The number of nitrogens with zero attached hydrogens (tertiary/aromatic N) is 5. The van der Waals surface area contributed by atoms with Gasteiger partial charge in [0.25, 0.3) is 11.3 Å². The van der Waals surface area contributed by atoms with Gasteiger partial charge < -0.3 is 4.90 Å². The molecule has 0 spiro atoms. The number of amides is 1. The van der Waals surface area contributed by atoms with Gasteiger partial charge in [0.15, 0.2) is 0 Å². The number of aromatic amines is 1. The molecule has 0 bridgehead atoms. The lowest BCUT2D eigenvalue weighted by Crippen LogP contribution is -2.56. The maximum Gasteiger partial charge on any atom is 0.274 e. The third kappa shape index (κ3) is 3.12. The summed E-state index contributed by atoms with van der Waals surface area (Å²) in [4.78, 5) is 36.8. The summed E-state index contributed by atoms with van der Waals surface area (Å²) >= 11 is 0. The first-order valence-electron chi connectivity index (χ1n) is 7.90. The molecule has 1 saturated heterocycles. The molecule has 8 heteroatoms. The van der Waals surface area contributed by atoms with Crippen LogP contribution in [0.1, 0.15) is 26.5 Å². The Morgan fingerprint density at radius 2 is 2.13 bits per heavy atom. The Balaban J connectivity index is 1.75. The predicted molar refractivity (Wildman–Crippen MR) is 84.9 cm³/mol. The number of piperazine rings is 1. The molecular weight excluding hydrogens is 296 g/mol. The quantitative estimate of drug-likeness (QED) is 0.864. The number of H-pyrrole nitrogens is 1. The number of rotatable bonds is 4. The highest BCUT2D eigenvalue weighted by Gasteiger charge is 2.31. The van der Waals surface area contributed by atoms with E-state index in [1.807, 2.05) is 11.8 Å². The average Bonchev–Trinajstić information content (AvgIpc) is 2.95. The first-order valence-corrected chi connectivity index (χ1v) is 7.90. The molecule has 3 heterocycles. The van der Waals surface area contributed by atoms with Crippen molar-refractivity contribution in [1.29, 1.82) is 0 Å². The largest absolute Gasteiger partial charge is 0.340 e. The van der Waals surface area contributed by atoms with E-state index in [0.717, 1.165) is 13.1 Å². The van der Waals surface area contributed by atoms with E-state index in [2.05, 4.69) is 33.8 Å². The van der Waals surface area contributed by atoms with Gasteiger partial charge in [-0.3, -0.25) is 19.6 Å². The van der Waals surface area contributed by atoms with Crippen LogP contribution in [0, 0.1) is 5.92 Å². The van der Waals surface area contributed by atoms with E-state index in [1.165, 1.54) is 16.9 Å². The first-order chi connectivity index (χ1) is 11.0. The molecule has 1 fully saturated rings. The molecule has 8 nitrogen and oxygen atoms in total. The second-order valence-electron chi connectivity index (χ2n) is 6.43. The van der Waals surface area contributed by atoms with Crippen molar-refractivity contribution in [2.75, 3.05) is 19.6 Å². The fourth-order valence-electron chi connectivity index (χ4n) is 2.97. The summed E-state index contributed by atoms with van der Waals surface area (Å²) in [6.07, 6.45) is 1.43. The summed E-state index contributed by atoms with van der Waals surface area (Å²) in [5.41, 5.74) is 0.444. The van der Waals surface area contributed by atoms with Gasteiger partial charge >= 0.3 is 0 Å². The molecule has 0 saturated carbocycles. The molecule has 124 valence electrons. The normalized spacial score (nSPS) is 19.9. The Hall–Kier alpha value is -2.22. The van der Waals surface area contributed by atoms with Crippen LogP contribution >= 0.6 is 0 Å². The van der Waals surface area contributed by atoms with Crippen molar-refractivity contribution in [1.82, 2.24) is 29.4 Å². The highest BCUT2D eigenvalue weighted by Crippen LogP contribution is 2.15. The number of carbonyl (C=O) groups is 1. The molecule has 1 aliphatic rings. The number of carbonyl (C=O) groups excluding carboxylic acids is 1. The Morgan fingerprint density at radius 1 is 1.35 bits per heavy atom. The molecule has 1 N–H and O–H groups in total. The zero-order chi connectivity index (χ0) is 16.6. The van der Waals surface area contributed by atoms with Crippen LogP contribution in [-0.2, 0) is 11.3 Å². The van der Waals surface area contributed by atoms with E-state index < -0.39 is 0 Å². The van der Waals surface area contributed by atoms with Gasteiger partial charge in [0.1, 0.15) is 6.33 Å². The van der Waals surface area contributed by atoms with E-state index >= 15 is 0 Å². The highest BCUT2D eigenvalue weighted by atomic mass is 16.2. The lowest BCUT2D eigenvalue weighted by atomic mass is 10.1. The Labute approximate surface area is 134 Å². The number of nitrogens with one attached hydrogen (secondary N) is 1. The summed E-state index contributed by atoms with van der Waals surface area (Å²) in [7, 11) is 0. The van der Waals surface area contributed by atoms with Crippen LogP contribution in [0.25, 0.3) is 5.78 Å². The zero-order valence-electron chi connectivity index (χ0n) is 13.7. The van der Waals surface area contributed by atoms with Crippen LogP contribution in [-0.4, -0.2) is 61.0 Å². The zero-order valence-corrected chi connectivity index (χ0v) is 13.7. The summed E-state index contributed by atoms with van der Waals surface area (Å²) in [5, 5.41) is 2.71. The molecule has 2 aromatic rings. The van der Waals surface area contributed by atoms with Gasteiger partial charge in [-0.1, -0.05) is 13.8 Å². The summed E-state index contributed by atoms with van der Waals surface area (Å²) in [6, 6.07) is 1.28. The Bertz CT molecular complexity index is 765. The molecule has 0 aromatic carbocycles. The molecule has 3 rings (SSSR count). The molecule has 2 aromatic heterocycles. The minimum absolute atomic E-state index is 0.141. The molecule has 0 aliphatic carbocycles. The maximum atomic E-state index is 12.5. The smallest absolute Gasteiger partial charge is 0.274 e. The summed E-state index contributed by atoms with van der Waals surface area (Å²) < 4.78 is 1.29. The Kier molecular flexibility index (Phi) is 4.16.